The van der Waals surface area contributed by atoms with Gasteiger partial charge in [0.15, 0.2) is 0 Å². The van der Waals surface area contributed by atoms with E-state index in [0.717, 1.165) is 0 Å². The van der Waals surface area contributed by atoms with Gasteiger partial charge < -0.3 is 0 Å². The summed E-state index contributed by atoms with van der Waals surface area (Å²) in [5.74, 6) is -0.416. The van der Waals surface area contributed by atoms with Crippen molar-refractivity contribution < 1.29 is 9.59 Å². The molecule has 2 rings (SSSR count). The van der Waals surface area contributed by atoms with Crippen LogP contribution in [0.2, 0.25) is 0 Å². The van der Waals surface area contributed by atoms with E-state index in [-0.39, 0.29) is 11.8 Å². The Morgan fingerprint density at radius 3 is 3.06 bits per heavy atom. The highest BCUT2D eigenvalue weighted by Crippen LogP contribution is 2.42. The Kier molecular flexibility index (Phi) is 2.84. The Balaban J connectivity index is 2.24. The molecule has 4 nitrogen and oxygen atoms in total. The van der Waals surface area contributed by atoms with Crippen molar-refractivity contribution in [2.24, 2.45) is 5.92 Å². The van der Waals surface area contributed by atoms with Crippen LogP contribution in [0.5, 0.6) is 0 Å². The van der Waals surface area contributed by atoms with E-state index in [1.165, 1.54) is 11.8 Å². The predicted octanol–water partition coefficient (Wildman–Crippen LogP) is 0.771. The zero-order valence-corrected chi connectivity index (χ0v) is 9.29. The summed E-state index contributed by atoms with van der Waals surface area (Å²) in [7, 11) is 0. The van der Waals surface area contributed by atoms with Gasteiger partial charge in [-0.2, -0.15) is 5.26 Å². The van der Waals surface area contributed by atoms with Crippen LogP contribution in [0, 0.1) is 17.2 Å². The second kappa shape index (κ2) is 4.14. The minimum Gasteiger partial charge on any atom is -0.294 e. The first-order valence-corrected chi connectivity index (χ1v) is 5.91. The van der Waals surface area contributed by atoms with Gasteiger partial charge in [0.25, 0.3) is 0 Å². The number of nitriles is 1. The first kappa shape index (κ1) is 11.0. The Morgan fingerprint density at radius 1 is 1.50 bits per heavy atom. The molecule has 1 aliphatic heterocycles. The van der Waals surface area contributed by atoms with Gasteiger partial charge in [-0.05, 0) is 0 Å². The van der Waals surface area contributed by atoms with Gasteiger partial charge in [-0.15, -0.1) is 11.8 Å². The van der Waals surface area contributed by atoms with E-state index in [9.17, 15) is 9.59 Å². The SMILES string of the molecule is N#CCCSC12C=CC=CC1C(=O)NC2=O. The van der Waals surface area contributed by atoms with E-state index in [0.29, 0.717) is 12.2 Å². The average molecular weight is 234 g/mol. The molecule has 0 aromatic carbocycles. The summed E-state index contributed by atoms with van der Waals surface area (Å²) < 4.78 is -0.831. The molecule has 2 unspecified atom stereocenters. The molecule has 0 radical (unpaired) electrons. The van der Waals surface area contributed by atoms with E-state index >= 15 is 0 Å². The van der Waals surface area contributed by atoms with Crippen LogP contribution in [0.1, 0.15) is 6.42 Å². The molecule has 2 atom stereocenters. The van der Waals surface area contributed by atoms with Gasteiger partial charge in [0, 0.05) is 12.2 Å². The van der Waals surface area contributed by atoms with Crippen LogP contribution in [0.15, 0.2) is 24.3 Å². The van der Waals surface area contributed by atoms with Gasteiger partial charge in [0.1, 0.15) is 4.75 Å². The van der Waals surface area contributed by atoms with Crippen LogP contribution in [-0.2, 0) is 9.59 Å². The van der Waals surface area contributed by atoms with Crippen LogP contribution in [0.3, 0.4) is 0 Å². The molecular weight excluding hydrogens is 224 g/mol. The maximum atomic E-state index is 11.8. The molecule has 2 aliphatic rings. The second-order valence-corrected chi connectivity index (χ2v) is 4.96. The van der Waals surface area contributed by atoms with E-state index < -0.39 is 10.7 Å². The molecular formula is C11H10N2O2S. The molecule has 1 heterocycles. The maximum Gasteiger partial charge on any atom is 0.247 e. The second-order valence-electron chi connectivity index (χ2n) is 3.59. The third-order valence-electron chi connectivity index (χ3n) is 2.65. The topological polar surface area (TPSA) is 70.0 Å². The number of allylic oxidation sites excluding steroid dienone is 2. The van der Waals surface area contributed by atoms with Crippen molar-refractivity contribution in [3.63, 3.8) is 0 Å². The molecule has 16 heavy (non-hydrogen) atoms. The van der Waals surface area contributed by atoms with E-state index in [2.05, 4.69) is 5.32 Å². The predicted molar refractivity (Wildman–Crippen MR) is 60.3 cm³/mol. The van der Waals surface area contributed by atoms with Gasteiger partial charge in [-0.25, -0.2) is 0 Å². The van der Waals surface area contributed by atoms with Crippen LogP contribution in [-0.4, -0.2) is 22.3 Å². The normalized spacial score (nSPS) is 31.1. The Bertz CT molecular complexity index is 436. The van der Waals surface area contributed by atoms with Crippen molar-refractivity contribution in [2.75, 3.05) is 5.75 Å². The Hall–Kier alpha value is -1.54. The molecule has 5 heteroatoms. The first-order chi connectivity index (χ1) is 7.70. The summed E-state index contributed by atoms with van der Waals surface area (Å²) >= 11 is 1.36. The lowest BCUT2D eigenvalue weighted by molar-refractivity contribution is -0.125. The maximum absolute atomic E-state index is 11.8. The zero-order chi connectivity index (χ0) is 11.6. The number of nitrogens with one attached hydrogen (secondary N) is 1. The lowest BCUT2D eigenvalue weighted by Gasteiger charge is -2.27. The van der Waals surface area contributed by atoms with Crippen molar-refractivity contribution in [3.05, 3.63) is 24.3 Å². The number of imide groups is 1. The van der Waals surface area contributed by atoms with Crippen molar-refractivity contribution in [3.8, 4) is 6.07 Å². The summed E-state index contributed by atoms with van der Waals surface area (Å²) in [5, 5.41) is 10.8. The number of fused-ring (bicyclic) bond motifs is 1. The third-order valence-corrected chi connectivity index (χ3v) is 4.11. The van der Waals surface area contributed by atoms with Crippen LogP contribution in [0.4, 0.5) is 0 Å². The lowest BCUT2D eigenvalue weighted by atomic mass is 9.90. The van der Waals surface area contributed by atoms with Gasteiger partial charge in [0.05, 0.1) is 12.0 Å². The summed E-state index contributed by atoms with van der Waals surface area (Å²) in [4.78, 5) is 23.4. The Morgan fingerprint density at radius 2 is 2.31 bits per heavy atom. The number of carbonyl (C=O) groups is 2. The zero-order valence-electron chi connectivity index (χ0n) is 8.47. The highest BCUT2D eigenvalue weighted by Gasteiger charge is 2.53. The van der Waals surface area contributed by atoms with Crippen molar-refractivity contribution in [1.82, 2.24) is 5.32 Å². The standard InChI is InChI=1S/C11H10N2O2S/c12-6-3-7-16-11-5-2-1-4-8(11)9(14)13-10(11)15/h1-2,4-5,8H,3,7H2,(H,13,14,15). The van der Waals surface area contributed by atoms with Gasteiger partial charge in [0.2, 0.25) is 11.8 Å². The largest absolute Gasteiger partial charge is 0.294 e. The number of nitrogens with zero attached hydrogens (tertiary/aromatic N) is 1. The number of hydrogen-bond acceptors (Lipinski definition) is 4. The summed E-state index contributed by atoms with van der Waals surface area (Å²) in [6.45, 7) is 0. The average Bonchev–Trinajstić information content (AvgIpc) is 2.53. The van der Waals surface area contributed by atoms with Crippen molar-refractivity contribution >= 4 is 23.6 Å². The number of thioether (sulfide) groups is 1. The minimum absolute atomic E-state index is 0.255. The summed E-state index contributed by atoms with van der Waals surface area (Å²) in [6, 6.07) is 2.03. The Labute approximate surface area is 97.4 Å². The number of hydrogen-bond donors (Lipinski definition) is 1. The molecule has 0 bridgehead atoms. The van der Waals surface area contributed by atoms with E-state index in [1.54, 1.807) is 24.3 Å². The molecule has 0 aromatic rings. The first-order valence-electron chi connectivity index (χ1n) is 4.93. The molecule has 0 spiro atoms. The van der Waals surface area contributed by atoms with Crippen molar-refractivity contribution in [1.29, 1.82) is 5.26 Å². The highest BCUT2D eigenvalue weighted by molar-refractivity contribution is 8.01. The number of amides is 2. The molecule has 82 valence electrons. The van der Waals surface area contributed by atoms with Gasteiger partial charge in [-0.3, -0.25) is 14.9 Å². The smallest absolute Gasteiger partial charge is 0.247 e. The molecule has 2 amide bonds. The molecule has 1 saturated heterocycles. The van der Waals surface area contributed by atoms with Crippen LogP contribution in [0.25, 0.3) is 0 Å². The van der Waals surface area contributed by atoms with Crippen LogP contribution >= 0.6 is 11.8 Å². The third kappa shape index (κ3) is 1.55. The summed E-state index contributed by atoms with van der Waals surface area (Å²) in [5.41, 5.74) is 0. The van der Waals surface area contributed by atoms with E-state index in [1.807, 2.05) is 6.07 Å². The van der Waals surface area contributed by atoms with Gasteiger partial charge >= 0.3 is 0 Å². The van der Waals surface area contributed by atoms with E-state index in [4.69, 9.17) is 5.26 Å². The highest BCUT2D eigenvalue weighted by atomic mass is 32.2. The molecule has 0 aromatic heterocycles. The van der Waals surface area contributed by atoms with Crippen LogP contribution < -0.4 is 5.32 Å². The lowest BCUT2D eigenvalue weighted by Crippen LogP contribution is -2.38. The minimum atomic E-state index is -0.831. The fourth-order valence-electron chi connectivity index (χ4n) is 1.88. The van der Waals surface area contributed by atoms with Crippen molar-refractivity contribution in [2.45, 2.75) is 11.2 Å². The van der Waals surface area contributed by atoms with Gasteiger partial charge in [-0.1, -0.05) is 24.3 Å². The molecule has 1 fully saturated rings. The fourth-order valence-corrected chi connectivity index (χ4v) is 3.13. The quantitative estimate of drug-likeness (QED) is 0.578. The monoisotopic (exact) mass is 234 g/mol. The number of carbonyl (C=O) groups excluding carboxylic acids is 2. The molecule has 1 N–H and O–H groups in total. The number of rotatable bonds is 3. The fraction of sp³-hybridized carbons (Fsp3) is 0.364. The molecule has 1 aliphatic carbocycles. The molecule has 0 saturated carbocycles. The summed E-state index contributed by atoms with van der Waals surface area (Å²) in [6.07, 6.45) is 7.40.